The zero-order valence-electron chi connectivity index (χ0n) is 21.0. The first-order chi connectivity index (χ1) is 18.0. The topological polar surface area (TPSA) is 95.1 Å². The van der Waals surface area contributed by atoms with Crippen LogP contribution in [0.15, 0.2) is 64.0 Å². The number of amides is 2. The van der Waals surface area contributed by atoms with Crippen molar-refractivity contribution in [1.82, 2.24) is 21.0 Å². The first-order valence-corrected chi connectivity index (χ1v) is 14.0. The lowest BCUT2D eigenvalue weighted by molar-refractivity contribution is -0.151. The minimum atomic E-state index is -0.896. The molecule has 196 valence electrons. The second-order valence-corrected chi connectivity index (χ2v) is 11.2. The molecule has 0 saturated heterocycles. The summed E-state index contributed by atoms with van der Waals surface area (Å²) in [6, 6.07) is -0.0212. The summed E-state index contributed by atoms with van der Waals surface area (Å²) in [5.74, 6) is 0.460. The van der Waals surface area contributed by atoms with Crippen molar-refractivity contribution in [1.29, 1.82) is 0 Å². The first kappa shape index (κ1) is 24.5. The number of amidine groups is 1. The van der Waals surface area contributed by atoms with E-state index in [9.17, 15) is 9.59 Å². The number of nitrogens with zero attached hydrogens (tertiary/aromatic N) is 2. The van der Waals surface area contributed by atoms with Gasteiger partial charge in [0.2, 0.25) is 6.29 Å². The third kappa shape index (κ3) is 4.77. The minimum Gasteiger partial charge on any atom is -0.359 e. The number of hydrogen-bond donors (Lipinski definition) is 3. The number of hydrazone groups is 1. The van der Waals surface area contributed by atoms with Crippen molar-refractivity contribution in [2.24, 2.45) is 5.10 Å². The van der Waals surface area contributed by atoms with E-state index in [1.807, 2.05) is 12.2 Å². The molecule has 2 aliphatic heterocycles. The molecule has 0 aromatic carbocycles. The summed E-state index contributed by atoms with van der Waals surface area (Å²) in [7, 11) is 0. The fourth-order valence-corrected chi connectivity index (χ4v) is 6.53. The molecule has 2 heterocycles. The Morgan fingerprint density at radius 3 is 2.89 bits per heavy atom. The third-order valence-electron chi connectivity index (χ3n) is 8.24. The van der Waals surface area contributed by atoms with Gasteiger partial charge in [-0.15, -0.1) is 16.7 Å². The highest BCUT2D eigenvalue weighted by Crippen LogP contribution is 2.38. The number of nitrogens with one attached hydrogen (secondary N) is 3. The van der Waals surface area contributed by atoms with Crippen molar-refractivity contribution in [3.8, 4) is 0 Å². The predicted octanol–water partition coefficient (Wildman–Crippen LogP) is 3.64. The quantitative estimate of drug-likeness (QED) is 0.462. The number of ether oxygens (including phenoxy) is 1. The molecule has 3 atom stereocenters. The van der Waals surface area contributed by atoms with Crippen LogP contribution in [0.3, 0.4) is 0 Å². The van der Waals surface area contributed by atoms with E-state index in [0.717, 1.165) is 62.8 Å². The van der Waals surface area contributed by atoms with Gasteiger partial charge in [0.15, 0.2) is 5.84 Å². The maximum atomic E-state index is 13.7. The zero-order valence-corrected chi connectivity index (χ0v) is 21.7. The van der Waals surface area contributed by atoms with Crippen molar-refractivity contribution in [3.63, 3.8) is 0 Å². The molecule has 9 heteroatoms. The van der Waals surface area contributed by atoms with Crippen LogP contribution in [0.1, 0.15) is 64.2 Å². The smallest absolute Gasteiger partial charge is 0.272 e. The number of fused-ring (bicyclic) bond motifs is 1. The summed E-state index contributed by atoms with van der Waals surface area (Å²) >= 11 is 6.52. The summed E-state index contributed by atoms with van der Waals surface area (Å²) in [5.41, 5.74) is 3.27. The summed E-state index contributed by atoms with van der Waals surface area (Å²) in [6.45, 7) is 0.161. The van der Waals surface area contributed by atoms with E-state index in [4.69, 9.17) is 16.3 Å². The minimum absolute atomic E-state index is 0.0212. The Morgan fingerprint density at radius 2 is 2.08 bits per heavy atom. The van der Waals surface area contributed by atoms with Crippen molar-refractivity contribution in [2.45, 2.75) is 87.5 Å². The SMILES string of the molecule is O=C1C=C(COC2(C(=O)NC3CCC4=C3C=CCC4Cl)CCCCC2)NC2NC(C3=CC=CCC3)=NN12. The fourth-order valence-electron chi connectivity index (χ4n) is 6.19. The highest BCUT2D eigenvalue weighted by molar-refractivity contribution is 6.22. The van der Waals surface area contributed by atoms with Crippen LogP contribution in [0.4, 0.5) is 0 Å². The molecule has 0 aromatic rings. The molecule has 0 spiro atoms. The van der Waals surface area contributed by atoms with Crippen molar-refractivity contribution >= 4 is 29.3 Å². The molecular weight excluding hydrogens is 490 g/mol. The maximum Gasteiger partial charge on any atom is 0.272 e. The highest BCUT2D eigenvalue weighted by atomic mass is 35.5. The number of rotatable bonds is 6. The normalized spacial score (nSPS) is 30.1. The number of halogens is 1. The van der Waals surface area contributed by atoms with E-state index in [2.05, 4.69) is 39.3 Å². The van der Waals surface area contributed by atoms with Gasteiger partial charge in [0.05, 0.1) is 18.0 Å². The largest absolute Gasteiger partial charge is 0.359 e. The lowest BCUT2D eigenvalue weighted by Crippen LogP contribution is -2.56. The molecule has 2 amide bonds. The van der Waals surface area contributed by atoms with E-state index in [1.54, 1.807) is 0 Å². The number of carbonyl (C=O) groups is 2. The van der Waals surface area contributed by atoms with Gasteiger partial charge in [0.25, 0.3) is 11.8 Å². The number of alkyl halides is 1. The van der Waals surface area contributed by atoms with Crippen molar-refractivity contribution in [2.75, 3.05) is 6.61 Å². The molecule has 4 aliphatic carbocycles. The fraction of sp³-hybridized carbons (Fsp3) is 0.536. The van der Waals surface area contributed by atoms with Crippen LogP contribution < -0.4 is 16.0 Å². The number of allylic oxidation sites excluding steroid dienone is 5. The van der Waals surface area contributed by atoms with Gasteiger partial charge in [0, 0.05) is 11.8 Å². The Kier molecular flexibility index (Phi) is 6.71. The van der Waals surface area contributed by atoms with Crippen LogP contribution in [-0.2, 0) is 14.3 Å². The predicted molar refractivity (Wildman–Crippen MR) is 142 cm³/mol. The molecular formula is C28H34ClN5O3. The van der Waals surface area contributed by atoms with Gasteiger partial charge < -0.3 is 20.7 Å². The lowest BCUT2D eigenvalue weighted by Gasteiger charge is -2.38. The third-order valence-corrected chi connectivity index (χ3v) is 8.68. The molecule has 3 unspecified atom stereocenters. The van der Waals surface area contributed by atoms with Crippen LogP contribution in [0, 0.1) is 0 Å². The van der Waals surface area contributed by atoms with Gasteiger partial charge >= 0.3 is 0 Å². The van der Waals surface area contributed by atoms with Crippen LogP contribution in [-0.4, -0.2) is 52.6 Å². The van der Waals surface area contributed by atoms with Crippen LogP contribution in [0.25, 0.3) is 0 Å². The maximum absolute atomic E-state index is 13.7. The molecule has 8 nitrogen and oxygen atoms in total. The van der Waals surface area contributed by atoms with Gasteiger partial charge in [-0.25, -0.2) is 0 Å². The first-order valence-electron chi connectivity index (χ1n) is 13.5. The van der Waals surface area contributed by atoms with E-state index < -0.39 is 11.9 Å². The van der Waals surface area contributed by atoms with Gasteiger partial charge in [-0.3, -0.25) is 9.59 Å². The van der Waals surface area contributed by atoms with Crippen LogP contribution >= 0.6 is 11.6 Å². The second-order valence-electron chi connectivity index (χ2n) is 10.6. The average Bonchev–Trinajstić information content (AvgIpc) is 3.54. The number of carbonyl (C=O) groups excluding carboxylic acids is 2. The Labute approximate surface area is 222 Å². The van der Waals surface area contributed by atoms with Gasteiger partial charge in [-0.1, -0.05) is 49.6 Å². The summed E-state index contributed by atoms with van der Waals surface area (Å²) in [6.07, 6.45) is 20.3. The molecule has 6 aliphatic rings. The molecule has 0 radical (unpaired) electrons. The summed E-state index contributed by atoms with van der Waals surface area (Å²) in [4.78, 5) is 26.5. The second kappa shape index (κ2) is 10.1. The summed E-state index contributed by atoms with van der Waals surface area (Å²) in [5, 5.41) is 15.9. The van der Waals surface area contributed by atoms with Crippen LogP contribution in [0.5, 0.6) is 0 Å². The standard InChI is InChI=1S/C28H34ClN5O3/c29-22-11-7-10-21-20(22)12-13-23(21)31-26(36)28(14-5-2-6-15-28)37-17-19-16-24(35)34-27(30-19)32-25(33-34)18-8-3-1-4-9-18/h1,3,7-8,10,16,22-23,27,30H,2,4-6,9,11-15,17H2,(H,31,36)(H,32,33). The molecule has 37 heavy (non-hydrogen) atoms. The van der Waals surface area contributed by atoms with Gasteiger partial charge in [-0.05, 0) is 61.7 Å². The molecule has 6 rings (SSSR count). The Hall–Kier alpha value is -2.84. The molecule has 1 fully saturated rings. The Balaban J connectivity index is 1.11. The van der Waals surface area contributed by atoms with E-state index in [0.29, 0.717) is 18.5 Å². The molecule has 0 aromatic heterocycles. The van der Waals surface area contributed by atoms with E-state index >= 15 is 0 Å². The van der Waals surface area contributed by atoms with Gasteiger partial charge in [-0.2, -0.15) is 5.01 Å². The molecule has 0 bridgehead atoms. The van der Waals surface area contributed by atoms with E-state index in [1.165, 1.54) is 22.2 Å². The van der Waals surface area contributed by atoms with Crippen molar-refractivity contribution in [3.05, 3.63) is 58.9 Å². The van der Waals surface area contributed by atoms with Gasteiger partial charge in [0.1, 0.15) is 5.60 Å². The highest BCUT2D eigenvalue weighted by Gasteiger charge is 2.43. The zero-order chi connectivity index (χ0) is 25.4. The lowest BCUT2D eigenvalue weighted by atomic mass is 9.83. The van der Waals surface area contributed by atoms with E-state index in [-0.39, 0.29) is 29.8 Å². The monoisotopic (exact) mass is 523 g/mol. The van der Waals surface area contributed by atoms with Crippen molar-refractivity contribution < 1.29 is 14.3 Å². The molecule has 3 N–H and O–H groups in total. The number of hydrogen-bond acceptors (Lipinski definition) is 6. The molecule has 1 saturated carbocycles. The average molecular weight is 524 g/mol. The Bertz CT molecular complexity index is 1160. The van der Waals surface area contributed by atoms with Crippen LogP contribution in [0.2, 0.25) is 0 Å². The summed E-state index contributed by atoms with van der Waals surface area (Å²) < 4.78 is 6.42. The Morgan fingerprint density at radius 1 is 1.22 bits per heavy atom.